The molecule has 3 N–H and O–H groups in total. The van der Waals surface area contributed by atoms with Crippen LogP contribution < -0.4 is 11.3 Å². The average molecular weight is 309 g/mol. The first kappa shape index (κ1) is 16.8. The van der Waals surface area contributed by atoms with E-state index in [1.54, 1.807) is 11.1 Å². The topological polar surface area (TPSA) is 85.4 Å². The van der Waals surface area contributed by atoms with Gasteiger partial charge in [0.05, 0.1) is 6.04 Å². The lowest BCUT2D eigenvalue weighted by molar-refractivity contribution is 0.0285. The van der Waals surface area contributed by atoms with Crippen molar-refractivity contribution in [3.63, 3.8) is 0 Å². The number of carbonyl (C=O) groups is 1. The molecule has 7 nitrogen and oxygen atoms in total. The van der Waals surface area contributed by atoms with E-state index in [2.05, 4.69) is 21.9 Å². The molecule has 0 bridgehead atoms. The molecule has 0 aliphatic carbocycles. The summed E-state index contributed by atoms with van der Waals surface area (Å²) < 4.78 is 7.50. The number of carbonyl (C=O) groups excluding carboxylic acids is 1. The fourth-order valence-electron chi connectivity index (χ4n) is 2.84. The first-order valence-electron chi connectivity index (χ1n) is 7.80. The molecular formula is C15H27N5O2. The molecule has 1 aromatic heterocycles. The maximum absolute atomic E-state index is 12.2. The van der Waals surface area contributed by atoms with Crippen molar-refractivity contribution in [3.8, 4) is 0 Å². The molecule has 124 valence electrons. The van der Waals surface area contributed by atoms with Crippen LogP contribution in [0.1, 0.15) is 46.0 Å². The molecule has 1 aromatic rings. The van der Waals surface area contributed by atoms with E-state index in [0.717, 1.165) is 18.8 Å². The lowest BCUT2D eigenvalue weighted by atomic mass is 9.99. The Bertz CT molecular complexity index is 508. The molecule has 0 spiro atoms. The third-order valence-electron chi connectivity index (χ3n) is 3.89. The summed E-state index contributed by atoms with van der Waals surface area (Å²) in [5.41, 5.74) is 2.39. The summed E-state index contributed by atoms with van der Waals surface area (Å²) in [6.07, 6.45) is 4.35. The van der Waals surface area contributed by atoms with Crippen LogP contribution in [0, 0.1) is 5.92 Å². The molecule has 2 unspecified atom stereocenters. The smallest absolute Gasteiger partial charge is 0.410 e. The zero-order valence-corrected chi connectivity index (χ0v) is 13.9. The summed E-state index contributed by atoms with van der Waals surface area (Å²) in [6, 6.07) is -0.0672. The van der Waals surface area contributed by atoms with E-state index in [1.807, 2.05) is 27.0 Å². The highest BCUT2D eigenvalue weighted by Gasteiger charge is 2.35. The average Bonchev–Trinajstić information content (AvgIpc) is 3.07. The Morgan fingerprint density at radius 2 is 2.32 bits per heavy atom. The van der Waals surface area contributed by atoms with Crippen molar-refractivity contribution >= 4 is 6.09 Å². The van der Waals surface area contributed by atoms with Crippen LogP contribution in [0.2, 0.25) is 0 Å². The summed E-state index contributed by atoms with van der Waals surface area (Å²) in [5, 5.41) is 0. The Hall–Kier alpha value is -1.60. The molecule has 2 rings (SSSR count). The van der Waals surface area contributed by atoms with E-state index >= 15 is 0 Å². The van der Waals surface area contributed by atoms with E-state index in [0.29, 0.717) is 13.1 Å². The van der Waals surface area contributed by atoms with Gasteiger partial charge in [0.1, 0.15) is 11.4 Å². The monoisotopic (exact) mass is 309 g/mol. The minimum absolute atomic E-state index is 0.0672. The van der Waals surface area contributed by atoms with Gasteiger partial charge in [-0.2, -0.15) is 0 Å². The van der Waals surface area contributed by atoms with Crippen molar-refractivity contribution in [2.24, 2.45) is 11.8 Å². The fraction of sp³-hybridized carbons (Fsp3) is 0.733. The molecule has 1 amide bonds. The van der Waals surface area contributed by atoms with E-state index in [1.165, 1.54) is 0 Å². The van der Waals surface area contributed by atoms with Gasteiger partial charge in [-0.3, -0.25) is 5.84 Å². The largest absolute Gasteiger partial charge is 0.444 e. The second-order valence-corrected chi connectivity index (χ2v) is 6.69. The number of hydrogen-bond acceptors (Lipinski definition) is 5. The van der Waals surface area contributed by atoms with E-state index in [4.69, 9.17) is 10.6 Å². The number of nitrogens with one attached hydrogen (secondary N) is 1. The van der Waals surface area contributed by atoms with Gasteiger partial charge >= 0.3 is 6.09 Å². The van der Waals surface area contributed by atoms with Crippen LogP contribution in [0.15, 0.2) is 12.4 Å². The summed E-state index contributed by atoms with van der Waals surface area (Å²) in [6.45, 7) is 9.85. The van der Waals surface area contributed by atoms with Gasteiger partial charge in [0.2, 0.25) is 0 Å². The van der Waals surface area contributed by atoms with Gasteiger partial charge in [0.25, 0.3) is 0 Å². The molecule has 1 fully saturated rings. The summed E-state index contributed by atoms with van der Waals surface area (Å²) in [7, 11) is 0. The zero-order valence-electron chi connectivity index (χ0n) is 13.9. The molecule has 2 atom stereocenters. The number of imidazole rings is 1. The van der Waals surface area contributed by atoms with Crippen LogP contribution >= 0.6 is 0 Å². The Balaban J connectivity index is 2.03. The number of likely N-dealkylation sites (tertiary alicyclic amines) is 1. The highest BCUT2D eigenvalue weighted by Crippen LogP contribution is 2.29. The molecule has 2 heterocycles. The predicted octanol–water partition coefficient (Wildman–Crippen LogP) is 1.66. The number of hydrogen-bond donors (Lipinski definition) is 2. The maximum atomic E-state index is 12.2. The third kappa shape index (κ3) is 3.78. The first-order chi connectivity index (χ1) is 10.4. The minimum atomic E-state index is -0.473. The summed E-state index contributed by atoms with van der Waals surface area (Å²) >= 11 is 0. The number of aromatic nitrogens is 2. The Labute approximate surface area is 131 Å². The fourth-order valence-corrected chi connectivity index (χ4v) is 2.84. The number of hydrazine groups is 1. The molecule has 1 aliphatic heterocycles. The summed E-state index contributed by atoms with van der Waals surface area (Å²) in [4.78, 5) is 18.3. The zero-order chi connectivity index (χ0) is 16.3. The molecule has 7 heteroatoms. The van der Waals surface area contributed by atoms with Gasteiger partial charge in [-0.1, -0.05) is 0 Å². The lowest BCUT2D eigenvalue weighted by Gasteiger charge is -2.26. The third-order valence-corrected chi connectivity index (χ3v) is 3.89. The van der Waals surface area contributed by atoms with Crippen LogP contribution in [0.3, 0.4) is 0 Å². The molecule has 22 heavy (non-hydrogen) atoms. The number of nitrogens with zero attached hydrogens (tertiary/aromatic N) is 3. The Kier molecular flexibility index (Phi) is 5.08. The van der Waals surface area contributed by atoms with Gasteiger partial charge in [-0.15, -0.1) is 0 Å². The van der Waals surface area contributed by atoms with Gasteiger partial charge in [-0.05, 0) is 34.1 Å². The van der Waals surface area contributed by atoms with Crippen molar-refractivity contribution in [1.29, 1.82) is 0 Å². The van der Waals surface area contributed by atoms with Crippen LogP contribution in [-0.2, 0) is 11.3 Å². The molecular weight excluding hydrogens is 282 g/mol. The van der Waals surface area contributed by atoms with Gasteiger partial charge in [-0.25, -0.2) is 15.2 Å². The second-order valence-electron chi connectivity index (χ2n) is 6.69. The van der Waals surface area contributed by atoms with Crippen LogP contribution in [0.5, 0.6) is 0 Å². The standard InChI is InChI=1S/C15H27N5O2/c1-5-19-9-7-17-13(19)12(18-16)11-6-8-20(10-11)14(21)22-15(2,3)4/h7,9,11-12,18H,5-6,8,10,16H2,1-4H3. The highest BCUT2D eigenvalue weighted by molar-refractivity contribution is 5.68. The van der Waals surface area contributed by atoms with Crippen molar-refractivity contribution in [2.45, 2.75) is 52.3 Å². The van der Waals surface area contributed by atoms with Crippen molar-refractivity contribution in [2.75, 3.05) is 13.1 Å². The quantitative estimate of drug-likeness (QED) is 0.652. The van der Waals surface area contributed by atoms with E-state index < -0.39 is 5.60 Å². The number of amides is 1. The predicted molar refractivity (Wildman–Crippen MR) is 83.9 cm³/mol. The van der Waals surface area contributed by atoms with Crippen LogP contribution in [0.25, 0.3) is 0 Å². The molecule has 0 aromatic carbocycles. The highest BCUT2D eigenvalue weighted by atomic mass is 16.6. The van der Waals surface area contributed by atoms with Crippen LogP contribution in [0.4, 0.5) is 4.79 Å². The maximum Gasteiger partial charge on any atom is 0.410 e. The first-order valence-corrected chi connectivity index (χ1v) is 7.80. The Morgan fingerprint density at radius 3 is 2.91 bits per heavy atom. The minimum Gasteiger partial charge on any atom is -0.444 e. The SMILES string of the molecule is CCn1ccnc1C(NN)C1CCN(C(=O)OC(C)(C)C)C1. The lowest BCUT2D eigenvalue weighted by Crippen LogP contribution is -2.39. The molecule has 0 radical (unpaired) electrons. The number of aryl methyl sites for hydroxylation is 1. The summed E-state index contributed by atoms with van der Waals surface area (Å²) in [5.74, 6) is 6.90. The molecule has 1 aliphatic rings. The van der Waals surface area contributed by atoms with Crippen molar-refractivity contribution in [3.05, 3.63) is 18.2 Å². The number of rotatable bonds is 4. The van der Waals surface area contributed by atoms with E-state index in [9.17, 15) is 4.79 Å². The number of nitrogens with two attached hydrogens (primary N) is 1. The Morgan fingerprint density at radius 1 is 1.59 bits per heavy atom. The second kappa shape index (κ2) is 6.66. The molecule has 0 saturated carbocycles. The normalized spacial score (nSPS) is 20.2. The van der Waals surface area contributed by atoms with Gasteiger partial charge in [0, 0.05) is 37.9 Å². The van der Waals surface area contributed by atoms with Crippen LogP contribution in [-0.4, -0.2) is 39.2 Å². The van der Waals surface area contributed by atoms with Crippen molar-refractivity contribution in [1.82, 2.24) is 19.9 Å². The van der Waals surface area contributed by atoms with Gasteiger partial charge < -0.3 is 14.2 Å². The van der Waals surface area contributed by atoms with Crippen molar-refractivity contribution < 1.29 is 9.53 Å². The van der Waals surface area contributed by atoms with Gasteiger partial charge in [0.15, 0.2) is 0 Å². The van der Waals surface area contributed by atoms with E-state index in [-0.39, 0.29) is 18.1 Å². The number of ether oxygens (including phenoxy) is 1. The molecule has 1 saturated heterocycles.